The molecule has 0 saturated heterocycles. The van der Waals surface area contributed by atoms with Crippen LogP contribution in [0.4, 0.5) is 32.0 Å². The Morgan fingerprint density at radius 2 is 1.68 bits per heavy atom. The molecule has 0 unspecified atom stereocenters. The van der Waals surface area contributed by atoms with E-state index in [4.69, 9.17) is 0 Å². The molecule has 116 valence electrons. The Labute approximate surface area is 119 Å². The Morgan fingerprint density at radius 1 is 1.00 bits per heavy atom. The normalized spacial score (nSPS) is 11.4. The average Bonchev–Trinajstić information content (AvgIpc) is 2.47. The molecule has 0 atom stereocenters. The SMILES string of the molecule is O=C(Nc1ccc(F)c(F)c1F)c1ccc(C(F)(F)F)nc1. The van der Waals surface area contributed by atoms with Gasteiger partial charge in [0.1, 0.15) is 5.69 Å². The Morgan fingerprint density at radius 3 is 2.23 bits per heavy atom. The number of nitrogens with one attached hydrogen (secondary N) is 1. The number of aromatic nitrogens is 1. The summed E-state index contributed by atoms with van der Waals surface area (Å²) >= 11 is 0. The summed E-state index contributed by atoms with van der Waals surface area (Å²) in [6, 6.07) is 2.77. The van der Waals surface area contributed by atoms with E-state index >= 15 is 0 Å². The van der Waals surface area contributed by atoms with E-state index in [-0.39, 0.29) is 5.56 Å². The highest BCUT2D eigenvalue weighted by Gasteiger charge is 2.32. The Kier molecular flexibility index (Phi) is 4.07. The average molecular weight is 320 g/mol. The van der Waals surface area contributed by atoms with Gasteiger partial charge in [-0.2, -0.15) is 13.2 Å². The molecule has 1 amide bonds. The first-order valence-corrected chi connectivity index (χ1v) is 5.68. The molecule has 0 aliphatic heterocycles. The second kappa shape index (κ2) is 5.66. The van der Waals surface area contributed by atoms with E-state index in [1.807, 2.05) is 5.32 Å². The highest BCUT2D eigenvalue weighted by molar-refractivity contribution is 6.04. The van der Waals surface area contributed by atoms with Crippen molar-refractivity contribution in [3.05, 3.63) is 59.2 Å². The van der Waals surface area contributed by atoms with Crippen LogP contribution >= 0.6 is 0 Å². The standard InChI is InChI=1S/C13H6F6N2O/c14-7-2-3-8(11(16)10(7)15)21-12(22)6-1-4-9(20-5-6)13(17,18)19/h1-5H,(H,21,22). The van der Waals surface area contributed by atoms with Gasteiger partial charge in [-0.15, -0.1) is 0 Å². The number of pyridine rings is 1. The van der Waals surface area contributed by atoms with Crippen LogP contribution in [-0.4, -0.2) is 10.9 Å². The van der Waals surface area contributed by atoms with Gasteiger partial charge in [-0.25, -0.2) is 13.2 Å². The van der Waals surface area contributed by atoms with Gasteiger partial charge < -0.3 is 5.32 Å². The smallest absolute Gasteiger partial charge is 0.319 e. The minimum Gasteiger partial charge on any atom is -0.319 e. The van der Waals surface area contributed by atoms with E-state index in [2.05, 4.69) is 4.98 Å². The fourth-order valence-electron chi connectivity index (χ4n) is 1.51. The second-order valence-corrected chi connectivity index (χ2v) is 4.11. The lowest BCUT2D eigenvalue weighted by atomic mass is 10.2. The zero-order valence-corrected chi connectivity index (χ0v) is 10.5. The third-order valence-corrected chi connectivity index (χ3v) is 2.60. The number of carbonyl (C=O) groups is 1. The molecule has 1 N–H and O–H groups in total. The monoisotopic (exact) mass is 320 g/mol. The van der Waals surface area contributed by atoms with Crippen LogP contribution in [0, 0.1) is 17.5 Å². The number of rotatable bonds is 2. The van der Waals surface area contributed by atoms with Gasteiger partial charge in [-0.3, -0.25) is 9.78 Å². The van der Waals surface area contributed by atoms with E-state index in [1.54, 1.807) is 0 Å². The third-order valence-electron chi connectivity index (χ3n) is 2.60. The first-order chi connectivity index (χ1) is 10.2. The molecule has 1 aromatic heterocycles. The molecule has 2 rings (SSSR count). The van der Waals surface area contributed by atoms with Crippen molar-refractivity contribution >= 4 is 11.6 Å². The molecule has 0 aliphatic rings. The van der Waals surface area contributed by atoms with Crippen molar-refractivity contribution in [2.75, 3.05) is 5.32 Å². The maximum atomic E-state index is 13.4. The zero-order valence-electron chi connectivity index (χ0n) is 10.5. The number of anilines is 1. The summed E-state index contributed by atoms with van der Waals surface area (Å²) in [5, 5.41) is 1.91. The first kappa shape index (κ1) is 15.8. The van der Waals surface area contributed by atoms with Crippen molar-refractivity contribution in [1.29, 1.82) is 0 Å². The van der Waals surface area contributed by atoms with Crippen LogP contribution in [0.2, 0.25) is 0 Å². The first-order valence-electron chi connectivity index (χ1n) is 5.68. The van der Waals surface area contributed by atoms with Gasteiger partial charge in [-0.05, 0) is 24.3 Å². The Balaban J connectivity index is 2.21. The van der Waals surface area contributed by atoms with Crippen molar-refractivity contribution in [2.24, 2.45) is 0 Å². The molecule has 22 heavy (non-hydrogen) atoms. The van der Waals surface area contributed by atoms with Crippen molar-refractivity contribution in [3.8, 4) is 0 Å². The van der Waals surface area contributed by atoms with Gasteiger partial charge in [0.15, 0.2) is 17.5 Å². The predicted molar refractivity (Wildman–Crippen MR) is 63.5 cm³/mol. The van der Waals surface area contributed by atoms with Gasteiger partial charge in [0.25, 0.3) is 5.91 Å². The molecule has 0 radical (unpaired) electrons. The molecular weight excluding hydrogens is 314 g/mol. The largest absolute Gasteiger partial charge is 0.433 e. The number of halogens is 6. The molecule has 2 aromatic rings. The van der Waals surface area contributed by atoms with Gasteiger partial charge in [0.05, 0.1) is 11.3 Å². The van der Waals surface area contributed by atoms with Crippen molar-refractivity contribution in [2.45, 2.75) is 6.18 Å². The number of hydrogen-bond acceptors (Lipinski definition) is 2. The highest BCUT2D eigenvalue weighted by atomic mass is 19.4. The van der Waals surface area contributed by atoms with E-state index < -0.39 is 40.9 Å². The van der Waals surface area contributed by atoms with Gasteiger partial charge >= 0.3 is 6.18 Å². The van der Waals surface area contributed by atoms with Crippen molar-refractivity contribution in [3.63, 3.8) is 0 Å². The Bertz CT molecular complexity index is 712. The number of benzene rings is 1. The van der Waals surface area contributed by atoms with E-state index in [0.29, 0.717) is 18.3 Å². The topological polar surface area (TPSA) is 42.0 Å². The maximum absolute atomic E-state index is 13.4. The summed E-state index contributed by atoms with van der Waals surface area (Å²) in [7, 11) is 0. The quantitative estimate of drug-likeness (QED) is 0.676. The summed E-state index contributed by atoms with van der Waals surface area (Å²) in [4.78, 5) is 14.8. The number of amides is 1. The van der Waals surface area contributed by atoms with Gasteiger partial charge in [0, 0.05) is 6.20 Å². The molecule has 0 bridgehead atoms. The predicted octanol–water partition coefficient (Wildman–Crippen LogP) is 3.77. The molecule has 0 spiro atoms. The molecule has 3 nitrogen and oxygen atoms in total. The fourth-order valence-corrected chi connectivity index (χ4v) is 1.51. The Hall–Kier alpha value is -2.58. The number of alkyl halides is 3. The minimum atomic E-state index is -4.67. The van der Waals surface area contributed by atoms with Crippen molar-refractivity contribution < 1.29 is 31.1 Å². The molecule has 9 heteroatoms. The lowest BCUT2D eigenvalue weighted by Gasteiger charge is -2.08. The lowest BCUT2D eigenvalue weighted by molar-refractivity contribution is -0.141. The third kappa shape index (κ3) is 3.18. The summed E-state index contributed by atoms with van der Waals surface area (Å²) in [6.45, 7) is 0. The number of carbonyl (C=O) groups excluding carboxylic acids is 1. The summed E-state index contributed by atoms with van der Waals surface area (Å²) < 4.78 is 76.0. The van der Waals surface area contributed by atoms with Crippen LogP contribution in [0.15, 0.2) is 30.5 Å². The van der Waals surface area contributed by atoms with E-state index in [1.165, 1.54) is 0 Å². The molecule has 0 fully saturated rings. The van der Waals surface area contributed by atoms with Gasteiger partial charge in [0.2, 0.25) is 0 Å². The zero-order chi connectivity index (χ0) is 16.5. The van der Waals surface area contributed by atoms with Crippen LogP contribution in [0.3, 0.4) is 0 Å². The molecule has 1 aromatic carbocycles. The molecule has 0 saturated carbocycles. The number of nitrogens with zero attached hydrogens (tertiary/aromatic N) is 1. The second-order valence-electron chi connectivity index (χ2n) is 4.11. The fraction of sp³-hybridized carbons (Fsp3) is 0.0769. The summed E-state index contributed by atoms with van der Waals surface area (Å²) in [5.74, 6) is -5.85. The van der Waals surface area contributed by atoms with Gasteiger partial charge in [-0.1, -0.05) is 0 Å². The van der Waals surface area contributed by atoms with Crippen LogP contribution in [0.5, 0.6) is 0 Å². The van der Waals surface area contributed by atoms with E-state index in [0.717, 1.165) is 12.1 Å². The highest BCUT2D eigenvalue weighted by Crippen LogP contribution is 2.27. The van der Waals surface area contributed by atoms with Crippen LogP contribution in [0.25, 0.3) is 0 Å². The molecule has 0 aliphatic carbocycles. The molecule has 1 heterocycles. The van der Waals surface area contributed by atoms with Crippen LogP contribution < -0.4 is 5.32 Å². The summed E-state index contributed by atoms with van der Waals surface area (Å²) in [6.07, 6.45) is -4.03. The minimum absolute atomic E-state index is 0.308. The lowest BCUT2D eigenvalue weighted by Crippen LogP contribution is -2.15. The van der Waals surface area contributed by atoms with E-state index in [9.17, 15) is 31.1 Å². The number of hydrogen-bond donors (Lipinski definition) is 1. The maximum Gasteiger partial charge on any atom is 0.433 e. The summed E-state index contributed by atoms with van der Waals surface area (Å²) in [5.41, 5.74) is -2.16. The van der Waals surface area contributed by atoms with Crippen molar-refractivity contribution in [1.82, 2.24) is 4.98 Å². The van der Waals surface area contributed by atoms with Crippen LogP contribution in [0.1, 0.15) is 16.1 Å². The van der Waals surface area contributed by atoms with Crippen LogP contribution in [-0.2, 0) is 6.18 Å². The molecular formula is C13H6F6N2O.